The van der Waals surface area contributed by atoms with Crippen molar-refractivity contribution >= 4 is 12.3 Å². The number of amides is 1. The Bertz CT molecular complexity index is 400. The Morgan fingerprint density at radius 2 is 2.25 bits per heavy atom. The number of benzene rings is 1. The quantitative estimate of drug-likeness (QED) is 0.628. The van der Waals surface area contributed by atoms with Gasteiger partial charge < -0.3 is 4.74 Å². The zero-order valence-electron chi connectivity index (χ0n) is 9.78. The highest BCUT2D eigenvalue weighted by Gasteiger charge is 1.97. The summed E-state index contributed by atoms with van der Waals surface area (Å²) in [6.07, 6.45) is 1.06. The highest BCUT2D eigenvalue weighted by Crippen LogP contribution is 2.07. The zero-order valence-corrected chi connectivity index (χ0v) is 9.78. The van der Waals surface area contributed by atoms with Gasteiger partial charge in [0.25, 0.3) is 0 Å². The zero-order chi connectivity index (χ0) is 12.0. The normalized spacial score (nSPS) is 10.4. The number of rotatable bonds is 3. The summed E-state index contributed by atoms with van der Waals surface area (Å²) in [5.41, 5.74) is 5.58. The number of nitrogens with one attached hydrogen (secondary N) is 1. The van der Waals surface area contributed by atoms with Crippen LogP contribution in [0.2, 0.25) is 0 Å². The van der Waals surface area contributed by atoms with E-state index in [1.807, 2.05) is 26.0 Å². The topological polar surface area (TPSA) is 50.7 Å². The molecule has 0 bridgehead atoms. The summed E-state index contributed by atoms with van der Waals surface area (Å²) in [4.78, 5) is 10.9. The van der Waals surface area contributed by atoms with Gasteiger partial charge in [-0.2, -0.15) is 5.10 Å². The van der Waals surface area contributed by atoms with Crippen molar-refractivity contribution in [2.75, 3.05) is 6.61 Å². The molecule has 0 unspecified atom stereocenters. The lowest BCUT2D eigenvalue weighted by Crippen LogP contribution is -2.18. The van der Waals surface area contributed by atoms with E-state index in [9.17, 15) is 4.79 Å². The number of carbonyl (C=O) groups is 1. The minimum atomic E-state index is -0.538. The summed E-state index contributed by atoms with van der Waals surface area (Å²) in [6, 6.07) is 6.02. The predicted molar refractivity (Wildman–Crippen MR) is 63.7 cm³/mol. The van der Waals surface area contributed by atoms with Crippen molar-refractivity contribution in [1.29, 1.82) is 0 Å². The molecule has 1 aromatic rings. The third-order valence-corrected chi connectivity index (χ3v) is 2.06. The van der Waals surface area contributed by atoms with Gasteiger partial charge in [-0.25, -0.2) is 10.2 Å². The molecule has 86 valence electrons. The molecule has 0 saturated heterocycles. The Morgan fingerprint density at radius 1 is 1.50 bits per heavy atom. The second kappa shape index (κ2) is 5.90. The highest BCUT2D eigenvalue weighted by atomic mass is 16.5. The van der Waals surface area contributed by atoms with Gasteiger partial charge in [-0.15, -0.1) is 0 Å². The number of hydrogen-bond donors (Lipinski definition) is 1. The number of nitrogens with zero attached hydrogens (tertiary/aromatic N) is 1. The molecule has 0 saturated carbocycles. The summed E-state index contributed by atoms with van der Waals surface area (Å²) in [5, 5.41) is 3.80. The molecule has 1 N–H and O–H groups in total. The van der Waals surface area contributed by atoms with E-state index in [0.717, 1.165) is 11.1 Å². The second-order valence-electron chi connectivity index (χ2n) is 3.45. The lowest BCUT2D eigenvalue weighted by atomic mass is 10.1. The fraction of sp³-hybridized carbons (Fsp3) is 0.333. The van der Waals surface area contributed by atoms with Crippen LogP contribution in [0, 0.1) is 13.8 Å². The minimum absolute atomic E-state index is 0.338. The Labute approximate surface area is 95.3 Å². The Kier molecular flexibility index (Phi) is 4.51. The molecular weight excluding hydrogens is 204 g/mol. The van der Waals surface area contributed by atoms with E-state index in [2.05, 4.69) is 21.3 Å². The molecule has 1 rings (SSSR count). The van der Waals surface area contributed by atoms with Crippen LogP contribution in [-0.2, 0) is 4.74 Å². The van der Waals surface area contributed by atoms with E-state index in [-0.39, 0.29) is 0 Å². The van der Waals surface area contributed by atoms with Crippen LogP contribution >= 0.6 is 0 Å². The second-order valence-corrected chi connectivity index (χ2v) is 3.45. The molecule has 4 heteroatoms. The number of hydrazone groups is 1. The standard InChI is InChI=1S/C12H16N2O2/c1-4-16-12(15)14-13-8-11-6-5-9(2)7-10(11)3/h5-8H,4H2,1-3H3,(H,14,15)/b13-8+. The fourth-order valence-corrected chi connectivity index (χ4v) is 1.29. The van der Waals surface area contributed by atoms with E-state index in [0.29, 0.717) is 6.61 Å². The van der Waals surface area contributed by atoms with Gasteiger partial charge in [0.1, 0.15) is 0 Å². The van der Waals surface area contributed by atoms with E-state index in [1.165, 1.54) is 5.56 Å². The number of ether oxygens (including phenoxy) is 1. The number of hydrogen-bond acceptors (Lipinski definition) is 3. The molecule has 0 radical (unpaired) electrons. The fourth-order valence-electron chi connectivity index (χ4n) is 1.29. The van der Waals surface area contributed by atoms with Gasteiger partial charge >= 0.3 is 6.09 Å². The maximum Gasteiger partial charge on any atom is 0.427 e. The van der Waals surface area contributed by atoms with Gasteiger partial charge in [0, 0.05) is 0 Å². The van der Waals surface area contributed by atoms with Crippen LogP contribution in [0.1, 0.15) is 23.6 Å². The van der Waals surface area contributed by atoms with Crippen LogP contribution in [0.3, 0.4) is 0 Å². The van der Waals surface area contributed by atoms with Crippen molar-refractivity contribution in [2.45, 2.75) is 20.8 Å². The van der Waals surface area contributed by atoms with Crippen molar-refractivity contribution in [1.82, 2.24) is 5.43 Å². The molecule has 0 aromatic heterocycles. The Balaban J connectivity index is 2.59. The third-order valence-electron chi connectivity index (χ3n) is 2.06. The summed E-state index contributed by atoms with van der Waals surface area (Å²) >= 11 is 0. The van der Waals surface area contributed by atoms with Crippen LogP contribution in [0.5, 0.6) is 0 Å². The average Bonchev–Trinajstić information content (AvgIpc) is 2.22. The summed E-state index contributed by atoms with van der Waals surface area (Å²) in [6.45, 7) is 6.11. The van der Waals surface area contributed by atoms with Gasteiger partial charge in [0.2, 0.25) is 0 Å². The molecule has 0 atom stereocenters. The van der Waals surface area contributed by atoms with Gasteiger partial charge in [-0.1, -0.05) is 23.8 Å². The van der Waals surface area contributed by atoms with Crippen molar-refractivity contribution in [3.05, 3.63) is 34.9 Å². The number of carbonyl (C=O) groups excluding carboxylic acids is 1. The molecule has 1 aromatic carbocycles. The molecule has 0 aliphatic rings. The lowest BCUT2D eigenvalue weighted by molar-refractivity contribution is 0.152. The van der Waals surface area contributed by atoms with Crippen LogP contribution in [-0.4, -0.2) is 18.9 Å². The van der Waals surface area contributed by atoms with E-state index in [1.54, 1.807) is 13.1 Å². The minimum Gasteiger partial charge on any atom is -0.449 e. The van der Waals surface area contributed by atoms with Crippen molar-refractivity contribution in [3.8, 4) is 0 Å². The highest BCUT2D eigenvalue weighted by molar-refractivity contribution is 5.82. The average molecular weight is 220 g/mol. The van der Waals surface area contributed by atoms with Gasteiger partial charge in [-0.3, -0.25) is 0 Å². The molecule has 1 amide bonds. The molecule has 0 aliphatic heterocycles. The van der Waals surface area contributed by atoms with Gasteiger partial charge in [0.05, 0.1) is 12.8 Å². The van der Waals surface area contributed by atoms with Gasteiger partial charge in [-0.05, 0) is 31.9 Å². The Morgan fingerprint density at radius 3 is 2.88 bits per heavy atom. The SMILES string of the molecule is CCOC(=O)N/N=C/c1ccc(C)cc1C. The van der Waals surface area contributed by atoms with Crippen LogP contribution < -0.4 is 5.43 Å². The molecule has 0 heterocycles. The first-order valence-electron chi connectivity index (χ1n) is 5.16. The first-order valence-corrected chi connectivity index (χ1v) is 5.16. The van der Waals surface area contributed by atoms with E-state index < -0.39 is 6.09 Å². The monoisotopic (exact) mass is 220 g/mol. The largest absolute Gasteiger partial charge is 0.449 e. The van der Waals surface area contributed by atoms with Crippen LogP contribution in [0.25, 0.3) is 0 Å². The van der Waals surface area contributed by atoms with Crippen molar-refractivity contribution in [2.24, 2.45) is 5.10 Å². The van der Waals surface area contributed by atoms with Crippen molar-refractivity contribution in [3.63, 3.8) is 0 Å². The van der Waals surface area contributed by atoms with Crippen molar-refractivity contribution < 1.29 is 9.53 Å². The summed E-state index contributed by atoms with van der Waals surface area (Å²) < 4.78 is 4.67. The van der Waals surface area contributed by atoms with Gasteiger partial charge in [0.15, 0.2) is 0 Å². The molecular formula is C12H16N2O2. The smallest absolute Gasteiger partial charge is 0.427 e. The molecule has 0 spiro atoms. The predicted octanol–water partition coefficient (Wildman–Crippen LogP) is 2.38. The maximum atomic E-state index is 10.9. The molecule has 0 aliphatic carbocycles. The first kappa shape index (κ1) is 12.2. The summed E-state index contributed by atoms with van der Waals surface area (Å²) in [7, 11) is 0. The third kappa shape index (κ3) is 3.73. The van der Waals surface area contributed by atoms with Crippen LogP contribution in [0.4, 0.5) is 4.79 Å². The Hall–Kier alpha value is -1.84. The maximum absolute atomic E-state index is 10.9. The molecule has 0 fully saturated rings. The first-order chi connectivity index (χ1) is 7.63. The van der Waals surface area contributed by atoms with E-state index in [4.69, 9.17) is 0 Å². The molecule has 4 nitrogen and oxygen atoms in total. The lowest BCUT2D eigenvalue weighted by Gasteiger charge is -2.01. The van der Waals surface area contributed by atoms with Crippen LogP contribution in [0.15, 0.2) is 23.3 Å². The number of aryl methyl sites for hydroxylation is 2. The molecule has 16 heavy (non-hydrogen) atoms. The van der Waals surface area contributed by atoms with E-state index >= 15 is 0 Å². The summed E-state index contributed by atoms with van der Waals surface area (Å²) in [5.74, 6) is 0.